The van der Waals surface area contributed by atoms with Gasteiger partial charge in [0.1, 0.15) is 0 Å². The van der Waals surface area contributed by atoms with Crippen molar-refractivity contribution in [1.82, 2.24) is 15.0 Å². The van der Waals surface area contributed by atoms with E-state index >= 15 is 0 Å². The van der Waals surface area contributed by atoms with Gasteiger partial charge in [0.25, 0.3) is 0 Å². The lowest BCUT2D eigenvalue weighted by Crippen LogP contribution is -2.14. The van der Waals surface area contributed by atoms with Crippen molar-refractivity contribution in [2.45, 2.75) is 19.3 Å². The molecule has 0 bridgehead atoms. The van der Waals surface area contributed by atoms with Gasteiger partial charge in [0.15, 0.2) is 17.5 Å². The van der Waals surface area contributed by atoms with Crippen molar-refractivity contribution < 1.29 is 0 Å². The Labute approximate surface area is 262 Å². The fourth-order valence-corrected chi connectivity index (χ4v) is 6.72. The third kappa shape index (κ3) is 4.32. The summed E-state index contributed by atoms with van der Waals surface area (Å²) in [7, 11) is 0. The van der Waals surface area contributed by atoms with E-state index in [0.29, 0.717) is 23.0 Å². The van der Waals surface area contributed by atoms with Crippen molar-refractivity contribution in [3.05, 3.63) is 150 Å². The number of nitrogens with zero attached hydrogens (tertiary/aromatic N) is 4. The summed E-state index contributed by atoms with van der Waals surface area (Å²) in [5.74, 6) is 1.90. The van der Waals surface area contributed by atoms with Gasteiger partial charge in [-0.1, -0.05) is 141 Å². The summed E-state index contributed by atoms with van der Waals surface area (Å²) >= 11 is 0. The van der Waals surface area contributed by atoms with Crippen LogP contribution in [0.15, 0.2) is 133 Å². The van der Waals surface area contributed by atoms with Crippen LogP contribution in [0.5, 0.6) is 0 Å². The van der Waals surface area contributed by atoms with Gasteiger partial charge in [-0.15, -0.1) is 0 Å². The minimum absolute atomic E-state index is 0.190. The molecule has 45 heavy (non-hydrogen) atoms. The van der Waals surface area contributed by atoms with Crippen LogP contribution in [0.2, 0.25) is 0 Å². The van der Waals surface area contributed by atoms with Gasteiger partial charge < -0.3 is 0 Å². The first-order valence-corrected chi connectivity index (χ1v) is 15.1. The fourth-order valence-electron chi connectivity index (χ4n) is 6.72. The molecule has 0 radical (unpaired) electrons. The van der Waals surface area contributed by atoms with Gasteiger partial charge in [-0.05, 0) is 44.7 Å². The standard InChI is InChI=1S/C41H28N4/c1-41(2)34-19-9-15-30(25-42)36(34)37-32(17-10-20-35(37)41)27-21-23-29(24-22-27)39-43-38(28-12-4-3-5-13-28)44-40(45-39)33-18-8-14-26-11-6-7-16-31(26)33/h3-24H,1-2H3. The van der Waals surface area contributed by atoms with Crippen LogP contribution in [0.4, 0.5) is 0 Å². The molecule has 0 amide bonds. The zero-order valence-corrected chi connectivity index (χ0v) is 25.0. The molecule has 0 atom stereocenters. The van der Waals surface area contributed by atoms with Crippen molar-refractivity contribution in [2.75, 3.05) is 0 Å². The third-order valence-electron chi connectivity index (χ3n) is 9.00. The number of fused-ring (bicyclic) bond motifs is 4. The zero-order chi connectivity index (χ0) is 30.5. The highest BCUT2D eigenvalue weighted by Crippen LogP contribution is 2.53. The molecule has 7 aromatic rings. The van der Waals surface area contributed by atoms with Gasteiger partial charge in [0.2, 0.25) is 0 Å². The van der Waals surface area contributed by atoms with Crippen LogP contribution in [0.1, 0.15) is 30.5 Å². The molecule has 0 N–H and O–H groups in total. The number of hydrogen-bond donors (Lipinski definition) is 0. The Morgan fingerprint density at radius 3 is 1.80 bits per heavy atom. The SMILES string of the molecule is CC1(C)c2cccc(C#N)c2-c2c(-c3ccc(-c4nc(-c5ccccc5)nc(-c5cccc6ccccc56)n4)cc3)cccc21. The molecule has 0 aliphatic heterocycles. The first kappa shape index (κ1) is 26.7. The van der Waals surface area contributed by atoms with Crippen LogP contribution in [-0.4, -0.2) is 15.0 Å². The average molecular weight is 577 g/mol. The molecule has 1 aromatic heterocycles. The topological polar surface area (TPSA) is 62.5 Å². The predicted octanol–water partition coefficient (Wildman–Crippen LogP) is 9.87. The van der Waals surface area contributed by atoms with E-state index in [9.17, 15) is 5.26 Å². The quantitative estimate of drug-likeness (QED) is 0.209. The molecule has 6 aromatic carbocycles. The summed E-state index contributed by atoms with van der Waals surface area (Å²) in [6.45, 7) is 4.48. The molecule has 0 fully saturated rings. The summed E-state index contributed by atoms with van der Waals surface area (Å²) in [6.07, 6.45) is 0. The summed E-state index contributed by atoms with van der Waals surface area (Å²) < 4.78 is 0. The number of hydrogen-bond acceptors (Lipinski definition) is 4. The van der Waals surface area contributed by atoms with Crippen molar-refractivity contribution in [3.63, 3.8) is 0 Å². The highest BCUT2D eigenvalue weighted by Gasteiger charge is 2.38. The summed E-state index contributed by atoms with van der Waals surface area (Å²) in [4.78, 5) is 14.9. The van der Waals surface area contributed by atoms with Crippen LogP contribution in [0.25, 0.3) is 67.2 Å². The van der Waals surface area contributed by atoms with Crippen molar-refractivity contribution in [3.8, 4) is 62.5 Å². The Morgan fingerprint density at radius 2 is 1.04 bits per heavy atom. The van der Waals surface area contributed by atoms with E-state index < -0.39 is 0 Å². The smallest absolute Gasteiger partial charge is 0.164 e. The minimum Gasteiger partial charge on any atom is -0.208 e. The molecule has 1 aliphatic carbocycles. The van der Waals surface area contributed by atoms with Gasteiger partial charge in [-0.2, -0.15) is 5.26 Å². The Kier molecular flexibility index (Phi) is 6.15. The highest BCUT2D eigenvalue weighted by molar-refractivity contribution is 5.96. The number of rotatable bonds is 4. The van der Waals surface area contributed by atoms with Gasteiger partial charge >= 0.3 is 0 Å². The summed E-state index contributed by atoms with van der Waals surface area (Å²) in [6, 6.07) is 48.0. The molecular formula is C41H28N4. The highest BCUT2D eigenvalue weighted by atomic mass is 15.0. The maximum atomic E-state index is 10.0. The first-order valence-electron chi connectivity index (χ1n) is 15.1. The molecule has 4 heteroatoms. The molecule has 1 heterocycles. The van der Waals surface area contributed by atoms with Gasteiger partial charge in [-0.25, -0.2) is 15.0 Å². The average Bonchev–Trinajstić information content (AvgIpc) is 3.34. The van der Waals surface area contributed by atoms with Crippen LogP contribution >= 0.6 is 0 Å². The molecule has 0 spiro atoms. The second kappa shape index (κ2) is 10.4. The molecule has 212 valence electrons. The van der Waals surface area contributed by atoms with Crippen LogP contribution in [0, 0.1) is 11.3 Å². The molecule has 0 saturated heterocycles. The van der Waals surface area contributed by atoms with E-state index in [-0.39, 0.29) is 5.41 Å². The molecule has 0 unspecified atom stereocenters. The normalized spacial score (nSPS) is 12.8. The molecular weight excluding hydrogens is 548 g/mol. The number of aromatic nitrogens is 3. The fraction of sp³-hybridized carbons (Fsp3) is 0.0732. The van der Waals surface area contributed by atoms with E-state index in [4.69, 9.17) is 15.0 Å². The van der Waals surface area contributed by atoms with Crippen molar-refractivity contribution in [1.29, 1.82) is 5.26 Å². The Bertz CT molecular complexity index is 2290. The van der Waals surface area contributed by atoms with E-state index in [0.717, 1.165) is 49.7 Å². The van der Waals surface area contributed by atoms with Crippen molar-refractivity contribution >= 4 is 10.8 Å². The third-order valence-corrected chi connectivity index (χ3v) is 9.00. The Morgan fingerprint density at radius 1 is 0.489 bits per heavy atom. The largest absolute Gasteiger partial charge is 0.208 e. The zero-order valence-electron chi connectivity index (χ0n) is 25.0. The van der Waals surface area contributed by atoms with Gasteiger partial charge in [-0.3, -0.25) is 0 Å². The lowest BCUT2D eigenvalue weighted by molar-refractivity contribution is 0.660. The Hall–Kier alpha value is -5.92. The lowest BCUT2D eigenvalue weighted by Gasteiger charge is -2.21. The van der Waals surface area contributed by atoms with E-state index in [2.05, 4.69) is 92.7 Å². The molecule has 0 saturated carbocycles. The first-order chi connectivity index (χ1) is 22.0. The van der Waals surface area contributed by atoms with Crippen molar-refractivity contribution in [2.24, 2.45) is 0 Å². The number of nitriles is 1. The molecule has 4 nitrogen and oxygen atoms in total. The van der Waals surface area contributed by atoms with Gasteiger partial charge in [0.05, 0.1) is 11.6 Å². The maximum Gasteiger partial charge on any atom is 0.164 e. The second-order valence-corrected chi connectivity index (χ2v) is 12.0. The van der Waals surface area contributed by atoms with Crippen LogP contribution in [-0.2, 0) is 5.41 Å². The Balaban J connectivity index is 1.27. The van der Waals surface area contributed by atoms with Crippen LogP contribution < -0.4 is 0 Å². The van der Waals surface area contributed by atoms with Gasteiger partial charge in [0, 0.05) is 27.7 Å². The van der Waals surface area contributed by atoms with E-state index in [1.165, 1.54) is 11.1 Å². The second-order valence-electron chi connectivity index (χ2n) is 12.0. The van der Waals surface area contributed by atoms with Crippen LogP contribution in [0.3, 0.4) is 0 Å². The van der Waals surface area contributed by atoms with E-state index in [1.54, 1.807) is 0 Å². The minimum atomic E-state index is -0.190. The summed E-state index contributed by atoms with van der Waals surface area (Å²) in [5.41, 5.74) is 10.2. The molecule has 8 rings (SSSR count). The predicted molar refractivity (Wildman–Crippen MR) is 181 cm³/mol. The lowest BCUT2D eigenvalue weighted by atomic mass is 9.82. The summed E-state index contributed by atoms with van der Waals surface area (Å²) in [5, 5.41) is 12.3. The molecule has 1 aliphatic rings. The number of benzene rings is 6. The van der Waals surface area contributed by atoms with E-state index in [1.807, 2.05) is 60.7 Å². The monoisotopic (exact) mass is 576 g/mol. The maximum absolute atomic E-state index is 10.0.